The van der Waals surface area contributed by atoms with Gasteiger partial charge < -0.3 is 14.2 Å². The number of carbonyl (C=O) groups excluding carboxylic acids is 1. The van der Waals surface area contributed by atoms with Gasteiger partial charge in [-0.15, -0.1) is 0 Å². The van der Waals surface area contributed by atoms with Gasteiger partial charge in [0.05, 0.1) is 18.3 Å². The maximum atomic E-state index is 11.9. The summed E-state index contributed by atoms with van der Waals surface area (Å²) in [4.78, 5) is 11.9. The molecule has 2 rings (SSSR count). The van der Waals surface area contributed by atoms with E-state index in [2.05, 4.69) is 12.2 Å². The highest BCUT2D eigenvalue weighted by Crippen LogP contribution is 2.38. The summed E-state index contributed by atoms with van der Waals surface area (Å²) in [5, 5.41) is 0. The van der Waals surface area contributed by atoms with E-state index >= 15 is 0 Å². The minimum Gasteiger partial charge on any atom is -0.460 e. The van der Waals surface area contributed by atoms with Crippen LogP contribution in [0.25, 0.3) is 0 Å². The first kappa shape index (κ1) is 17.2. The van der Waals surface area contributed by atoms with Gasteiger partial charge in [0.25, 0.3) is 0 Å². The van der Waals surface area contributed by atoms with Crippen LogP contribution < -0.4 is 0 Å². The number of allylic oxidation sites excluding steroid dienone is 2. The SMILES string of the molecule is CO[C@@H]1C[C@@H]2[C@H](/C=C\CCC[C@H](C)OC(=O)/C=C/[C@H]2OC)C1. The molecule has 0 aromatic carbocycles. The van der Waals surface area contributed by atoms with Crippen molar-refractivity contribution in [3.8, 4) is 0 Å². The van der Waals surface area contributed by atoms with Crippen molar-refractivity contribution in [2.75, 3.05) is 14.2 Å². The van der Waals surface area contributed by atoms with Crippen LogP contribution in [0.4, 0.5) is 0 Å². The number of esters is 1. The van der Waals surface area contributed by atoms with E-state index in [0.29, 0.717) is 11.8 Å². The number of cyclic esters (lactones) is 1. The fraction of sp³-hybridized carbons (Fsp3) is 0.722. The fourth-order valence-corrected chi connectivity index (χ4v) is 3.50. The molecule has 1 saturated carbocycles. The highest BCUT2D eigenvalue weighted by Gasteiger charge is 2.37. The first-order valence-corrected chi connectivity index (χ1v) is 8.25. The van der Waals surface area contributed by atoms with Crippen LogP contribution in [0.15, 0.2) is 24.3 Å². The maximum absolute atomic E-state index is 11.9. The van der Waals surface area contributed by atoms with Gasteiger partial charge in [-0.25, -0.2) is 4.79 Å². The number of hydrogen-bond acceptors (Lipinski definition) is 4. The minimum atomic E-state index is -0.278. The van der Waals surface area contributed by atoms with Crippen LogP contribution in [0.5, 0.6) is 0 Å². The molecule has 5 atom stereocenters. The smallest absolute Gasteiger partial charge is 0.330 e. The van der Waals surface area contributed by atoms with Crippen molar-refractivity contribution in [2.24, 2.45) is 11.8 Å². The minimum absolute atomic E-state index is 0.0373. The molecule has 1 heterocycles. The summed E-state index contributed by atoms with van der Waals surface area (Å²) in [6.07, 6.45) is 13.0. The summed E-state index contributed by atoms with van der Waals surface area (Å²) < 4.78 is 16.5. The monoisotopic (exact) mass is 308 g/mol. The Balaban J connectivity index is 2.16. The first-order valence-electron chi connectivity index (χ1n) is 8.25. The molecular weight excluding hydrogens is 280 g/mol. The normalized spacial score (nSPS) is 39.8. The van der Waals surface area contributed by atoms with Gasteiger partial charge in [0.2, 0.25) is 0 Å². The summed E-state index contributed by atoms with van der Waals surface area (Å²) in [6.45, 7) is 1.95. The van der Waals surface area contributed by atoms with Crippen molar-refractivity contribution >= 4 is 5.97 Å². The van der Waals surface area contributed by atoms with Crippen molar-refractivity contribution in [2.45, 2.75) is 57.3 Å². The molecule has 4 nitrogen and oxygen atoms in total. The zero-order valence-electron chi connectivity index (χ0n) is 13.9. The van der Waals surface area contributed by atoms with E-state index in [0.717, 1.165) is 32.1 Å². The Hall–Kier alpha value is -1.13. The summed E-state index contributed by atoms with van der Waals surface area (Å²) in [5.74, 6) is 0.502. The first-order chi connectivity index (χ1) is 10.6. The second-order valence-corrected chi connectivity index (χ2v) is 6.32. The Morgan fingerprint density at radius 1 is 1.18 bits per heavy atom. The molecule has 0 aromatic heterocycles. The molecule has 0 unspecified atom stereocenters. The van der Waals surface area contributed by atoms with Gasteiger partial charge >= 0.3 is 5.97 Å². The van der Waals surface area contributed by atoms with E-state index in [-0.39, 0.29) is 24.3 Å². The second kappa shape index (κ2) is 8.49. The zero-order valence-corrected chi connectivity index (χ0v) is 13.9. The van der Waals surface area contributed by atoms with Crippen molar-refractivity contribution in [3.05, 3.63) is 24.3 Å². The molecule has 4 heteroatoms. The molecule has 0 spiro atoms. The average Bonchev–Trinajstić information content (AvgIpc) is 2.90. The largest absolute Gasteiger partial charge is 0.460 e. The van der Waals surface area contributed by atoms with Gasteiger partial charge in [0, 0.05) is 20.3 Å². The third-order valence-corrected chi connectivity index (χ3v) is 4.75. The Labute approximate surface area is 133 Å². The highest BCUT2D eigenvalue weighted by molar-refractivity contribution is 5.82. The maximum Gasteiger partial charge on any atom is 0.330 e. The summed E-state index contributed by atoms with van der Waals surface area (Å²) >= 11 is 0. The molecule has 0 bridgehead atoms. The van der Waals surface area contributed by atoms with Crippen LogP contribution in [-0.4, -0.2) is 38.5 Å². The van der Waals surface area contributed by atoms with Crippen LogP contribution >= 0.6 is 0 Å². The number of rotatable bonds is 2. The lowest BCUT2D eigenvalue weighted by Crippen LogP contribution is -2.24. The quantitative estimate of drug-likeness (QED) is 0.580. The molecule has 0 radical (unpaired) electrons. The Morgan fingerprint density at radius 2 is 2.00 bits per heavy atom. The summed E-state index contributed by atoms with van der Waals surface area (Å²) in [6, 6.07) is 0. The molecule has 0 amide bonds. The molecule has 0 saturated heterocycles. The molecule has 0 N–H and O–H groups in total. The van der Waals surface area contributed by atoms with Crippen LogP contribution in [0.1, 0.15) is 39.0 Å². The van der Waals surface area contributed by atoms with Crippen LogP contribution in [0, 0.1) is 11.8 Å². The molecule has 0 aromatic rings. The number of ether oxygens (including phenoxy) is 3. The summed E-state index contributed by atoms with van der Waals surface area (Å²) in [7, 11) is 3.46. The molecule has 1 aliphatic heterocycles. The highest BCUT2D eigenvalue weighted by atomic mass is 16.5. The number of fused-ring (bicyclic) bond motifs is 1. The van der Waals surface area contributed by atoms with E-state index in [1.165, 1.54) is 6.08 Å². The van der Waals surface area contributed by atoms with E-state index in [1.54, 1.807) is 14.2 Å². The number of hydrogen-bond donors (Lipinski definition) is 0. The predicted molar refractivity (Wildman–Crippen MR) is 85.5 cm³/mol. The van der Waals surface area contributed by atoms with Crippen LogP contribution in [-0.2, 0) is 19.0 Å². The summed E-state index contributed by atoms with van der Waals surface area (Å²) in [5.41, 5.74) is 0. The van der Waals surface area contributed by atoms with Crippen LogP contribution in [0.2, 0.25) is 0 Å². The number of methoxy groups -OCH3 is 2. The van der Waals surface area contributed by atoms with Crippen LogP contribution in [0.3, 0.4) is 0 Å². The third kappa shape index (κ3) is 4.68. The second-order valence-electron chi connectivity index (χ2n) is 6.32. The Bertz CT molecular complexity index is 415. The molecule has 1 fully saturated rings. The van der Waals surface area contributed by atoms with Gasteiger partial charge in [-0.1, -0.05) is 12.2 Å². The van der Waals surface area contributed by atoms with Gasteiger partial charge in [0.1, 0.15) is 0 Å². The Kier molecular flexibility index (Phi) is 6.65. The predicted octanol–water partition coefficient (Wildman–Crippen LogP) is 3.27. The average molecular weight is 308 g/mol. The van der Waals surface area contributed by atoms with E-state index < -0.39 is 0 Å². The van der Waals surface area contributed by atoms with Crippen molar-refractivity contribution in [1.29, 1.82) is 0 Å². The zero-order chi connectivity index (χ0) is 15.9. The van der Waals surface area contributed by atoms with E-state index in [9.17, 15) is 4.79 Å². The van der Waals surface area contributed by atoms with Gasteiger partial charge in [0.15, 0.2) is 0 Å². The van der Waals surface area contributed by atoms with Crippen molar-refractivity contribution in [3.63, 3.8) is 0 Å². The molecular formula is C18H28O4. The van der Waals surface area contributed by atoms with E-state index in [1.807, 2.05) is 13.0 Å². The van der Waals surface area contributed by atoms with Gasteiger partial charge in [-0.3, -0.25) is 0 Å². The fourth-order valence-electron chi connectivity index (χ4n) is 3.50. The molecule has 22 heavy (non-hydrogen) atoms. The topological polar surface area (TPSA) is 44.8 Å². The van der Waals surface area contributed by atoms with E-state index in [4.69, 9.17) is 14.2 Å². The standard InChI is InChI=1S/C18H28O4/c1-13-7-5-4-6-8-14-11-15(20-2)12-16(14)17(21-3)9-10-18(19)22-13/h6,8-10,13-17H,4-5,7,11-12H2,1-3H3/b8-6-,10-9+/t13-,14+,15-,16+,17+/m0/s1. The molecule has 2 aliphatic rings. The lowest BCUT2D eigenvalue weighted by molar-refractivity contribution is -0.142. The molecule has 124 valence electrons. The van der Waals surface area contributed by atoms with Crippen molar-refractivity contribution in [1.82, 2.24) is 0 Å². The van der Waals surface area contributed by atoms with Gasteiger partial charge in [-0.2, -0.15) is 0 Å². The van der Waals surface area contributed by atoms with Gasteiger partial charge in [-0.05, 0) is 56.9 Å². The van der Waals surface area contributed by atoms with Crippen molar-refractivity contribution < 1.29 is 19.0 Å². The lowest BCUT2D eigenvalue weighted by atomic mass is 9.89. The Morgan fingerprint density at radius 3 is 2.73 bits per heavy atom. The third-order valence-electron chi connectivity index (χ3n) is 4.75. The molecule has 1 aliphatic carbocycles. The lowest BCUT2D eigenvalue weighted by Gasteiger charge is -2.23. The number of carbonyl (C=O) groups is 1.